The van der Waals surface area contributed by atoms with Crippen molar-refractivity contribution >= 4 is 22.6 Å². The number of nitrogens with one attached hydrogen (secondary N) is 1. The minimum Gasteiger partial charge on any atom is -0.478 e. The van der Waals surface area contributed by atoms with Gasteiger partial charge >= 0.3 is 0 Å². The highest BCUT2D eigenvalue weighted by Gasteiger charge is 2.28. The summed E-state index contributed by atoms with van der Waals surface area (Å²) in [4.78, 5) is 38.2. The van der Waals surface area contributed by atoms with Crippen LogP contribution in [0.15, 0.2) is 23.1 Å². The summed E-state index contributed by atoms with van der Waals surface area (Å²) in [5, 5.41) is 13.7. The molecule has 0 saturated heterocycles. The summed E-state index contributed by atoms with van der Waals surface area (Å²) < 4.78 is 6.76. The second kappa shape index (κ2) is 5.67. The number of hydrogen-bond acceptors (Lipinski definition) is 6. The van der Waals surface area contributed by atoms with Crippen molar-refractivity contribution in [3.63, 3.8) is 0 Å². The maximum absolute atomic E-state index is 12.5. The van der Waals surface area contributed by atoms with Gasteiger partial charge in [0.05, 0.1) is 4.92 Å². The first kappa shape index (κ1) is 14.9. The molecule has 0 unspecified atom stereocenters. The van der Waals surface area contributed by atoms with Crippen LogP contribution in [0, 0.1) is 10.1 Å². The third-order valence-corrected chi connectivity index (χ3v) is 3.59. The van der Waals surface area contributed by atoms with Crippen LogP contribution in [0.25, 0.3) is 11.0 Å². The predicted octanol–water partition coefficient (Wildman–Crippen LogP) is 0.764. The van der Waals surface area contributed by atoms with Crippen LogP contribution < -0.4 is 15.6 Å². The molecule has 9 heteroatoms. The van der Waals surface area contributed by atoms with Gasteiger partial charge in [-0.15, -0.1) is 0 Å². The Kier molecular flexibility index (Phi) is 3.68. The minimum atomic E-state index is -0.552. The van der Waals surface area contributed by atoms with Crippen molar-refractivity contribution in [1.82, 2.24) is 14.9 Å². The van der Waals surface area contributed by atoms with Gasteiger partial charge in [-0.2, -0.15) is 0 Å². The van der Waals surface area contributed by atoms with Gasteiger partial charge in [-0.3, -0.25) is 24.3 Å². The van der Waals surface area contributed by atoms with Gasteiger partial charge in [0.2, 0.25) is 0 Å². The van der Waals surface area contributed by atoms with Crippen LogP contribution in [0.1, 0.15) is 18.9 Å². The number of ether oxygens (including phenoxy) is 1. The number of fused-ring (bicyclic) bond motifs is 1. The van der Waals surface area contributed by atoms with Gasteiger partial charge in [0.25, 0.3) is 17.2 Å². The van der Waals surface area contributed by atoms with E-state index >= 15 is 0 Å². The minimum absolute atomic E-state index is 0.0162. The standard InChI is InChI=1S/C14H14N4O5/c1-15-12(19)7-23-11-5-8-4-10(18(21)22)6-16-13(8)17(14(11)20)9-2-3-9/h4-6,9H,2-3,7H2,1H3,(H,15,19). The van der Waals surface area contributed by atoms with E-state index in [2.05, 4.69) is 10.3 Å². The molecule has 1 saturated carbocycles. The zero-order valence-electron chi connectivity index (χ0n) is 12.3. The van der Waals surface area contributed by atoms with Crippen LogP contribution >= 0.6 is 0 Å². The van der Waals surface area contributed by atoms with Gasteiger partial charge < -0.3 is 10.1 Å². The third-order valence-electron chi connectivity index (χ3n) is 3.59. The topological polar surface area (TPSA) is 116 Å². The van der Waals surface area contributed by atoms with Crippen molar-refractivity contribution in [3.05, 3.63) is 38.8 Å². The van der Waals surface area contributed by atoms with Crippen LogP contribution in [-0.2, 0) is 4.79 Å². The molecule has 2 aromatic rings. The van der Waals surface area contributed by atoms with Crippen LogP contribution in [0.3, 0.4) is 0 Å². The molecule has 9 nitrogen and oxygen atoms in total. The van der Waals surface area contributed by atoms with Crippen LogP contribution in [-0.4, -0.2) is 34.0 Å². The second-order valence-electron chi connectivity index (χ2n) is 5.24. The molecule has 1 fully saturated rings. The highest BCUT2D eigenvalue weighted by Crippen LogP contribution is 2.36. The molecule has 23 heavy (non-hydrogen) atoms. The van der Waals surface area contributed by atoms with Crippen molar-refractivity contribution in [2.24, 2.45) is 0 Å². The maximum Gasteiger partial charge on any atom is 0.294 e. The SMILES string of the molecule is CNC(=O)COc1cc2cc([N+](=O)[O-])cnc2n(C2CC2)c1=O. The Morgan fingerprint density at radius 2 is 2.26 bits per heavy atom. The van der Waals surface area contributed by atoms with Crippen molar-refractivity contribution in [3.8, 4) is 5.75 Å². The number of rotatable bonds is 5. The zero-order chi connectivity index (χ0) is 16.6. The number of nitrogens with zero attached hydrogens (tertiary/aromatic N) is 3. The number of likely N-dealkylation sites (N-methyl/N-ethyl adjacent to an activating group) is 1. The molecule has 1 aliphatic rings. The Balaban J connectivity index is 2.12. The number of amides is 1. The van der Waals surface area contributed by atoms with E-state index in [4.69, 9.17) is 4.74 Å². The zero-order valence-corrected chi connectivity index (χ0v) is 12.3. The normalized spacial score (nSPS) is 13.8. The lowest BCUT2D eigenvalue weighted by molar-refractivity contribution is -0.385. The molecule has 120 valence electrons. The Morgan fingerprint density at radius 3 is 2.87 bits per heavy atom. The molecule has 0 aliphatic heterocycles. The summed E-state index contributed by atoms with van der Waals surface area (Å²) >= 11 is 0. The number of carbonyl (C=O) groups excluding carboxylic acids is 1. The number of carbonyl (C=O) groups is 1. The molecule has 0 spiro atoms. The molecule has 1 amide bonds. The Bertz CT molecular complexity index is 856. The van der Waals surface area contributed by atoms with Crippen molar-refractivity contribution in [1.29, 1.82) is 0 Å². The molecule has 0 radical (unpaired) electrons. The van der Waals surface area contributed by atoms with Gasteiger partial charge in [0, 0.05) is 24.5 Å². The quantitative estimate of drug-likeness (QED) is 0.642. The van der Waals surface area contributed by atoms with Crippen molar-refractivity contribution in [2.45, 2.75) is 18.9 Å². The number of pyridine rings is 2. The number of aromatic nitrogens is 2. The first-order chi connectivity index (χ1) is 11.0. The lowest BCUT2D eigenvalue weighted by atomic mass is 10.2. The molecule has 1 N–H and O–H groups in total. The average Bonchev–Trinajstić information content (AvgIpc) is 3.36. The van der Waals surface area contributed by atoms with Gasteiger partial charge in [0.1, 0.15) is 11.8 Å². The molecule has 0 bridgehead atoms. The highest BCUT2D eigenvalue weighted by atomic mass is 16.6. The first-order valence-corrected chi connectivity index (χ1v) is 7.04. The Hall–Kier alpha value is -2.97. The summed E-state index contributed by atoms with van der Waals surface area (Å²) in [6.45, 7) is -0.301. The average molecular weight is 318 g/mol. The van der Waals surface area contributed by atoms with E-state index in [9.17, 15) is 19.7 Å². The smallest absolute Gasteiger partial charge is 0.294 e. The molecule has 2 heterocycles. The van der Waals surface area contributed by atoms with Gasteiger partial charge in [0.15, 0.2) is 12.4 Å². The summed E-state index contributed by atoms with van der Waals surface area (Å²) in [5.74, 6) is -0.394. The monoisotopic (exact) mass is 318 g/mol. The molecular formula is C14H14N4O5. The summed E-state index contributed by atoms with van der Waals surface area (Å²) in [6, 6.07) is 2.75. The molecule has 3 rings (SSSR count). The van der Waals surface area contributed by atoms with Crippen LogP contribution in [0.2, 0.25) is 0 Å². The van der Waals surface area contributed by atoms with E-state index in [1.807, 2.05) is 0 Å². The summed E-state index contributed by atoms with van der Waals surface area (Å²) in [5.41, 5.74) is -0.170. The molecule has 1 aliphatic carbocycles. The first-order valence-electron chi connectivity index (χ1n) is 7.04. The van der Waals surface area contributed by atoms with E-state index in [0.29, 0.717) is 11.0 Å². The molecule has 0 atom stereocenters. The molecule has 0 aromatic carbocycles. The van der Waals surface area contributed by atoms with Crippen molar-refractivity contribution < 1.29 is 14.5 Å². The van der Waals surface area contributed by atoms with Gasteiger partial charge in [-0.05, 0) is 18.9 Å². The Labute approximate surface area is 130 Å². The largest absolute Gasteiger partial charge is 0.478 e. The van der Waals surface area contributed by atoms with E-state index < -0.39 is 4.92 Å². The fourth-order valence-electron chi connectivity index (χ4n) is 2.28. The van der Waals surface area contributed by atoms with Gasteiger partial charge in [-0.1, -0.05) is 0 Å². The number of hydrogen-bond donors (Lipinski definition) is 1. The van der Waals surface area contributed by atoms with E-state index in [1.54, 1.807) is 0 Å². The summed E-state index contributed by atoms with van der Waals surface area (Å²) in [6.07, 6.45) is 2.81. The van der Waals surface area contributed by atoms with Crippen molar-refractivity contribution in [2.75, 3.05) is 13.7 Å². The summed E-state index contributed by atoms with van der Waals surface area (Å²) in [7, 11) is 1.46. The maximum atomic E-state index is 12.5. The fourth-order valence-corrected chi connectivity index (χ4v) is 2.28. The van der Waals surface area contributed by atoms with E-state index in [-0.39, 0.29) is 35.6 Å². The second-order valence-corrected chi connectivity index (χ2v) is 5.24. The van der Waals surface area contributed by atoms with E-state index in [1.165, 1.54) is 23.7 Å². The Morgan fingerprint density at radius 1 is 1.52 bits per heavy atom. The fraction of sp³-hybridized carbons (Fsp3) is 0.357. The lowest BCUT2D eigenvalue weighted by Gasteiger charge is -2.11. The number of nitro groups is 1. The van der Waals surface area contributed by atoms with Crippen LogP contribution in [0.4, 0.5) is 5.69 Å². The van der Waals surface area contributed by atoms with Crippen LogP contribution in [0.5, 0.6) is 5.75 Å². The lowest BCUT2D eigenvalue weighted by Crippen LogP contribution is -2.28. The van der Waals surface area contributed by atoms with Gasteiger partial charge in [-0.25, -0.2) is 4.98 Å². The highest BCUT2D eigenvalue weighted by molar-refractivity contribution is 5.80. The third kappa shape index (κ3) is 2.85. The molecular weight excluding hydrogens is 304 g/mol. The van der Waals surface area contributed by atoms with E-state index in [0.717, 1.165) is 19.0 Å². The molecule has 2 aromatic heterocycles. The predicted molar refractivity (Wildman–Crippen MR) is 80.5 cm³/mol.